The van der Waals surface area contributed by atoms with Gasteiger partial charge in [-0.3, -0.25) is 19.3 Å². The second-order valence-corrected chi connectivity index (χ2v) is 7.63. The van der Waals surface area contributed by atoms with Crippen molar-refractivity contribution in [1.82, 2.24) is 10.2 Å². The molecular formula is C19H37N3O3. The lowest BCUT2D eigenvalue weighted by Gasteiger charge is -2.34. The predicted molar refractivity (Wildman–Crippen MR) is 101 cm³/mol. The Kier molecular flexibility index (Phi) is 11.3. The van der Waals surface area contributed by atoms with Crippen molar-refractivity contribution in [2.24, 2.45) is 17.1 Å². The Balaban J connectivity index is 4.82. The van der Waals surface area contributed by atoms with Gasteiger partial charge in [-0.2, -0.15) is 0 Å². The number of nitrogens with two attached hydrogens (primary N) is 1. The maximum atomic E-state index is 12.8. The molecule has 25 heavy (non-hydrogen) atoms. The average molecular weight is 356 g/mol. The predicted octanol–water partition coefficient (Wildman–Crippen LogP) is 2.46. The topological polar surface area (TPSA) is 92.5 Å². The minimum atomic E-state index is -0.947. The molecule has 0 radical (unpaired) electrons. The van der Waals surface area contributed by atoms with Gasteiger partial charge in [0.2, 0.25) is 18.2 Å². The Morgan fingerprint density at radius 2 is 1.72 bits per heavy atom. The van der Waals surface area contributed by atoms with E-state index in [1.165, 1.54) is 12.8 Å². The molecule has 3 N–H and O–H groups in total. The van der Waals surface area contributed by atoms with Gasteiger partial charge in [0.05, 0.1) is 0 Å². The van der Waals surface area contributed by atoms with Gasteiger partial charge < -0.3 is 11.1 Å². The fourth-order valence-corrected chi connectivity index (χ4v) is 3.02. The van der Waals surface area contributed by atoms with Crippen LogP contribution >= 0.6 is 0 Å². The minimum Gasteiger partial charge on any atom is -0.354 e. The Bertz CT molecular complexity index is 419. The van der Waals surface area contributed by atoms with Crippen molar-refractivity contribution in [1.29, 1.82) is 0 Å². The summed E-state index contributed by atoms with van der Waals surface area (Å²) < 4.78 is 0. The summed E-state index contributed by atoms with van der Waals surface area (Å²) in [6.45, 7) is 10.4. The number of carbonyl (C=O) groups is 3. The van der Waals surface area contributed by atoms with Crippen molar-refractivity contribution >= 4 is 18.2 Å². The molecule has 0 spiro atoms. The Morgan fingerprint density at radius 3 is 2.16 bits per heavy atom. The molecule has 0 rings (SSSR count). The lowest BCUT2D eigenvalue weighted by molar-refractivity contribution is -0.151. The number of nitrogens with one attached hydrogen (secondary N) is 1. The zero-order valence-electron chi connectivity index (χ0n) is 16.6. The highest BCUT2D eigenvalue weighted by Crippen LogP contribution is 2.30. The molecule has 2 unspecified atom stereocenters. The molecule has 0 aromatic carbocycles. The van der Waals surface area contributed by atoms with E-state index in [9.17, 15) is 14.4 Å². The van der Waals surface area contributed by atoms with E-state index in [2.05, 4.69) is 12.2 Å². The fraction of sp³-hybridized carbons (Fsp3) is 0.842. The maximum Gasteiger partial charge on any atom is 0.244 e. The van der Waals surface area contributed by atoms with Crippen LogP contribution in [-0.2, 0) is 14.4 Å². The van der Waals surface area contributed by atoms with Gasteiger partial charge >= 0.3 is 0 Å². The highest BCUT2D eigenvalue weighted by atomic mass is 16.2. The van der Waals surface area contributed by atoms with Gasteiger partial charge in [-0.1, -0.05) is 60.3 Å². The zero-order valence-corrected chi connectivity index (χ0v) is 16.6. The Morgan fingerprint density at radius 1 is 1.12 bits per heavy atom. The molecule has 0 aliphatic carbocycles. The first kappa shape index (κ1) is 23.6. The van der Waals surface area contributed by atoms with Crippen LogP contribution in [0.3, 0.4) is 0 Å². The molecule has 6 heteroatoms. The zero-order chi connectivity index (χ0) is 19.5. The monoisotopic (exact) mass is 355 g/mol. The molecule has 3 amide bonds. The maximum absolute atomic E-state index is 12.8. The number of unbranched alkanes of at least 4 members (excludes halogenated alkanes) is 4. The van der Waals surface area contributed by atoms with E-state index in [-0.39, 0.29) is 29.7 Å². The number of hydrogen-bond donors (Lipinski definition) is 2. The van der Waals surface area contributed by atoms with Crippen LogP contribution in [0.1, 0.15) is 73.1 Å². The highest BCUT2D eigenvalue weighted by molar-refractivity contribution is 5.95. The standard InChI is InChI=1S/C19H37N3O3/c1-6-8-9-10-11-12-21-17(24)16(13-20)22(14-23)18(25)15(7-2)19(3,4)5/h14-16H,6-13,20H2,1-5H3,(H,21,24). The van der Waals surface area contributed by atoms with E-state index < -0.39 is 6.04 Å². The number of carbonyl (C=O) groups excluding carboxylic acids is 3. The number of rotatable bonds is 12. The van der Waals surface area contributed by atoms with Gasteiger partial charge in [0.1, 0.15) is 6.04 Å². The molecule has 0 aromatic rings. The molecule has 0 aliphatic heterocycles. The lowest BCUT2D eigenvalue weighted by Crippen LogP contribution is -2.55. The van der Waals surface area contributed by atoms with Gasteiger partial charge in [-0.25, -0.2) is 0 Å². The molecule has 0 heterocycles. The van der Waals surface area contributed by atoms with E-state index in [1.807, 2.05) is 27.7 Å². The first-order valence-corrected chi connectivity index (χ1v) is 9.49. The van der Waals surface area contributed by atoms with E-state index in [0.717, 1.165) is 24.2 Å². The minimum absolute atomic E-state index is 0.0767. The smallest absolute Gasteiger partial charge is 0.244 e. The van der Waals surface area contributed by atoms with Gasteiger partial charge in [0.15, 0.2) is 0 Å². The quantitative estimate of drug-likeness (QED) is 0.415. The summed E-state index contributed by atoms with van der Waals surface area (Å²) in [4.78, 5) is 37.6. The number of imide groups is 1. The third kappa shape index (κ3) is 7.99. The normalized spacial score (nSPS) is 13.8. The van der Waals surface area contributed by atoms with E-state index in [1.54, 1.807) is 0 Å². The molecule has 0 bridgehead atoms. The summed E-state index contributed by atoms with van der Waals surface area (Å²) in [6, 6.07) is -0.947. The molecule has 0 saturated heterocycles. The number of nitrogens with zero attached hydrogens (tertiary/aromatic N) is 1. The number of amides is 3. The molecule has 0 fully saturated rings. The molecule has 6 nitrogen and oxygen atoms in total. The number of hydrogen-bond acceptors (Lipinski definition) is 4. The average Bonchev–Trinajstić information content (AvgIpc) is 2.54. The van der Waals surface area contributed by atoms with Gasteiger partial charge in [-0.15, -0.1) is 0 Å². The first-order valence-electron chi connectivity index (χ1n) is 9.49. The summed E-state index contributed by atoms with van der Waals surface area (Å²) in [5.74, 6) is -1.03. The fourth-order valence-electron chi connectivity index (χ4n) is 3.02. The van der Waals surface area contributed by atoms with Crippen molar-refractivity contribution in [2.45, 2.75) is 79.2 Å². The van der Waals surface area contributed by atoms with Crippen LogP contribution in [0.25, 0.3) is 0 Å². The van der Waals surface area contributed by atoms with Crippen LogP contribution in [0.15, 0.2) is 0 Å². The van der Waals surface area contributed by atoms with E-state index in [0.29, 0.717) is 19.4 Å². The SMILES string of the molecule is CCCCCCCNC(=O)C(CN)N(C=O)C(=O)C(CC)C(C)(C)C. The second-order valence-electron chi connectivity index (χ2n) is 7.63. The van der Waals surface area contributed by atoms with E-state index in [4.69, 9.17) is 5.73 Å². The Hall–Kier alpha value is -1.43. The van der Waals surface area contributed by atoms with Crippen molar-refractivity contribution in [3.63, 3.8) is 0 Å². The van der Waals surface area contributed by atoms with Crippen LogP contribution < -0.4 is 11.1 Å². The van der Waals surface area contributed by atoms with Crippen LogP contribution in [0.2, 0.25) is 0 Å². The summed E-state index contributed by atoms with van der Waals surface area (Å²) in [7, 11) is 0. The second kappa shape index (κ2) is 12.0. The van der Waals surface area contributed by atoms with Crippen LogP contribution in [0.4, 0.5) is 0 Å². The molecule has 2 atom stereocenters. The van der Waals surface area contributed by atoms with Crippen LogP contribution in [-0.4, -0.2) is 42.3 Å². The van der Waals surface area contributed by atoms with Crippen molar-refractivity contribution in [2.75, 3.05) is 13.1 Å². The molecule has 0 saturated carbocycles. The Labute approximate surface area is 152 Å². The van der Waals surface area contributed by atoms with Gasteiger partial charge in [-0.05, 0) is 18.3 Å². The summed E-state index contributed by atoms with van der Waals surface area (Å²) in [5, 5.41) is 2.80. The summed E-state index contributed by atoms with van der Waals surface area (Å²) in [5.41, 5.74) is 5.41. The van der Waals surface area contributed by atoms with Crippen LogP contribution in [0, 0.1) is 11.3 Å². The highest BCUT2D eigenvalue weighted by Gasteiger charge is 2.37. The third-order valence-corrected chi connectivity index (χ3v) is 4.56. The van der Waals surface area contributed by atoms with Crippen molar-refractivity contribution in [3.05, 3.63) is 0 Å². The van der Waals surface area contributed by atoms with Gasteiger partial charge in [0.25, 0.3) is 0 Å². The van der Waals surface area contributed by atoms with Crippen molar-refractivity contribution < 1.29 is 14.4 Å². The largest absolute Gasteiger partial charge is 0.354 e. The summed E-state index contributed by atoms with van der Waals surface area (Å²) >= 11 is 0. The molecule has 146 valence electrons. The summed E-state index contributed by atoms with van der Waals surface area (Å²) in [6.07, 6.45) is 6.49. The lowest BCUT2D eigenvalue weighted by atomic mass is 9.78. The molecule has 0 aliphatic rings. The van der Waals surface area contributed by atoms with Crippen molar-refractivity contribution in [3.8, 4) is 0 Å². The molecular weight excluding hydrogens is 318 g/mol. The van der Waals surface area contributed by atoms with E-state index >= 15 is 0 Å². The van der Waals surface area contributed by atoms with Gasteiger partial charge in [0, 0.05) is 19.0 Å². The molecule has 0 aromatic heterocycles. The third-order valence-electron chi connectivity index (χ3n) is 4.56. The first-order chi connectivity index (χ1) is 11.7. The van der Waals surface area contributed by atoms with Crippen LogP contribution in [0.5, 0.6) is 0 Å².